The zero-order valence-electron chi connectivity index (χ0n) is 10.7. The molecule has 1 heterocycles. The van der Waals surface area contributed by atoms with Crippen LogP contribution in [-0.2, 0) is 4.79 Å². The highest BCUT2D eigenvalue weighted by molar-refractivity contribution is 7.99. The number of amides is 1. The molecule has 0 saturated heterocycles. The molecule has 2 N–H and O–H groups in total. The molecule has 98 valence electrons. The van der Waals surface area contributed by atoms with Gasteiger partial charge in [0.1, 0.15) is 0 Å². The minimum atomic E-state index is 0.131. The molecule has 0 aliphatic carbocycles. The van der Waals surface area contributed by atoms with Crippen molar-refractivity contribution in [3.8, 4) is 0 Å². The van der Waals surface area contributed by atoms with Gasteiger partial charge in [-0.25, -0.2) is 0 Å². The van der Waals surface area contributed by atoms with Gasteiger partial charge in [0.25, 0.3) is 0 Å². The molecule has 1 amide bonds. The summed E-state index contributed by atoms with van der Waals surface area (Å²) in [6, 6.07) is 8.60. The molecule has 4 heteroatoms. The summed E-state index contributed by atoms with van der Waals surface area (Å²) < 4.78 is 0. The van der Waals surface area contributed by atoms with Crippen molar-refractivity contribution in [2.75, 3.05) is 25.4 Å². The Bertz CT molecular complexity index is 409. The van der Waals surface area contributed by atoms with Gasteiger partial charge < -0.3 is 10.6 Å². The van der Waals surface area contributed by atoms with Crippen LogP contribution in [0.15, 0.2) is 29.2 Å². The van der Waals surface area contributed by atoms with Gasteiger partial charge in [0.05, 0.1) is 0 Å². The third-order valence-electron chi connectivity index (χ3n) is 3.09. The van der Waals surface area contributed by atoms with Gasteiger partial charge >= 0.3 is 0 Å². The highest BCUT2D eigenvalue weighted by atomic mass is 32.2. The van der Waals surface area contributed by atoms with Gasteiger partial charge in [-0.15, -0.1) is 11.8 Å². The maximum atomic E-state index is 11.3. The Hall–Kier alpha value is -1.00. The molecule has 0 fully saturated rings. The largest absolute Gasteiger partial charge is 0.356 e. The van der Waals surface area contributed by atoms with Gasteiger partial charge in [-0.05, 0) is 18.6 Å². The molecule has 0 aromatic heterocycles. The molecule has 0 spiro atoms. The molecule has 1 aromatic carbocycles. The van der Waals surface area contributed by atoms with E-state index in [0.29, 0.717) is 18.9 Å². The second kappa shape index (κ2) is 6.81. The monoisotopic (exact) mass is 264 g/mol. The number of carbonyl (C=O) groups is 1. The molecule has 1 aliphatic heterocycles. The summed E-state index contributed by atoms with van der Waals surface area (Å²) in [4.78, 5) is 12.7. The van der Waals surface area contributed by atoms with Crippen molar-refractivity contribution >= 4 is 17.7 Å². The van der Waals surface area contributed by atoms with Crippen LogP contribution in [0.5, 0.6) is 0 Å². The van der Waals surface area contributed by atoms with Crippen LogP contribution in [0.1, 0.15) is 24.8 Å². The first kappa shape index (κ1) is 13.4. The van der Waals surface area contributed by atoms with E-state index in [0.717, 1.165) is 18.8 Å². The third-order valence-corrected chi connectivity index (χ3v) is 4.34. The Kier molecular flexibility index (Phi) is 5.08. The fraction of sp³-hybridized carbons (Fsp3) is 0.500. The number of fused-ring (bicyclic) bond motifs is 1. The minimum Gasteiger partial charge on any atom is -0.356 e. The average molecular weight is 264 g/mol. The van der Waals surface area contributed by atoms with Crippen molar-refractivity contribution in [1.29, 1.82) is 0 Å². The fourth-order valence-corrected chi connectivity index (χ4v) is 3.42. The van der Waals surface area contributed by atoms with Crippen molar-refractivity contribution in [3.05, 3.63) is 29.8 Å². The van der Waals surface area contributed by atoms with E-state index in [1.807, 2.05) is 18.7 Å². The lowest BCUT2D eigenvalue weighted by atomic mass is 10.0. The Morgan fingerprint density at radius 2 is 2.28 bits per heavy atom. The lowest BCUT2D eigenvalue weighted by Gasteiger charge is -2.11. The Morgan fingerprint density at radius 3 is 3.11 bits per heavy atom. The predicted molar refractivity (Wildman–Crippen MR) is 76.1 cm³/mol. The van der Waals surface area contributed by atoms with Crippen molar-refractivity contribution < 1.29 is 4.79 Å². The highest BCUT2D eigenvalue weighted by Gasteiger charge is 2.21. The number of carbonyl (C=O) groups excluding carboxylic acids is 1. The van der Waals surface area contributed by atoms with Crippen LogP contribution >= 0.6 is 11.8 Å². The molecule has 1 aliphatic rings. The molecule has 1 unspecified atom stereocenters. The summed E-state index contributed by atoms with van der Waals surface area (Å²) in [5.41, 5.74) is 1.45. The first-order valence-corrected chi connectivity index (χ1v) is 7.49. The van der Waals surface area contributed by atoms with Gasteiger partial charge in [0, 0.05) is 42.6 Å². The average Bonchev–Trinajstić information content (AvgIpc) is 2.78. The van der Waals surface area contributed by atoms with E-state index in [2.05, 4.69) is 34.9 Å². The lowest BCUT2D eigenvalue weighted by Crippen LogP contribution is -2.29. The maximum Gasteiger partial charge on any atom is 0.221 e. The van der Waals surface area contributed by atoms with Crippen LogP contribution in [0.3, 0.4) is 0 Å². The number of benzene rings is 1. The maximum absolute atomic E-state index is 11.3. The van der Waals surface area contributed by atoms with E-state index in [1.54, 1.807) is 0 Å². The minimum absolute atomic E-state index is 0.131. The summed E-state index contributed by atoms with van der Waals surface area (Å²) in [6.45, 7) is 4.38. The number of nitrogens with one attached hydrogen (secondary N) is 2. The van der Waals surface area contributed by atoms with E-state index >= 15 is 0 Å². The van der Waals surface area contributed by atoms with Gasteiger partial charge in [0.15, 0.2) is 0 Å². The standard InChI is InChI=1S/C14H20N2OS/c1-2-16-14(17)7-8-15-9-11-10-18-13-6-4-3-5-12(11)13/h3-6,11,15H,2,7-10H2,1H3,(H,16,17). The lowest BCUT2D eigenvalue weighted by molar-refractivity contribution is -0.120. The zero-order chi connectivity index (χ0) is 12.8. The third kappa shape index (κ3) is 3.50. The van der Waals surface area contributed by atoms with Crippen LogP contribution in [-0.4, -0.2) is 31.3 Å². The Labute approximate surface area is 113 Å². The first-order valence-electron chi connectivity index (χ1n) is 6.50. The van der Waals surface area contributed by atoms with Crippen LogP contribution in [0.4, 0.5) is 0 Å². The highest BCUT2D eigenvalue weighted by Crippen LogP contribution is 2.38. The second-order valence-electron chi connectivity index (χ2n) is 4.45. The van der Waals surface area contributed by atoms with E-state index in [9.17, 15) is 4.79 Å². The summed E-state index contributed by atoms with van der Waals surface area (Å²) in [5, 5.41) is 6.19. The normalized spacial score (nSPS) is 17.5. The SMILES string of the molecule is CCNC(=O)CCNCC1CSc2ccccc21. The van der Waals surface area contributed by atoms with Gasteiger partial charge in [-0.1, -0.05) is 18.2 Å². The molecule has 18 heavy (non-hydrogen) atoms. The smallest absolute Gasteiger partial charge is 0.221 e. The topological polar surface area (TPSA) is 41.1 Å². The fourth-order valence-electron chi connectivity index (χ4n) is 2.16. The molecular weight excluding hydrogens is 244 g/mol. The second-order valence-corrected chi connectivity index (χ2v) is 5.52. The first-order chi connectivity index (χ1) is 8.81. The molecule has 0 bridgehead atoms. The van der Waals surface area contributed by atoms with E-state index in [-0.39, 0.29) is 5.91 Å². The summed E-state index contributed by atoms with van der Waals surface area (Å²) in [6.07, 6.45) is 0.565. The zero-order valence-corrected chi connectivity index (χ0v) is 11.6. The van der Waals surface area contributed by atoms with Crippen LogP contribution in [0.2, 0.25) is 0 Å². The van der Waals surface area contributed by atoms with Gasteiger partial charge in [-0.3, -0.25) is 4.79 Å². The van der Waals surface area contributed by atoms with Crippen LogP contribution in [0, 0.1) is 0 Å². The van der Waals surface area contributed by atoms with Gasteiger partial charge in [0.2, 0.25) is 5.91 Å². The molecule has 1 atom stereocenters. The predicted octanol–water partition coefficient (Wildman–Crippen LogP) is 1.99. The summed E-state index contributed by atoms with van der Waals surface area (Å²) in [7, 11) is 0. The molecule has 1 aromatic rings. The quantitative estimate of drug-likeness (QED) is 0.772. The molecule has 0 radical (unpaired) electrons. The molecule has 2 rings (SSSR count). The molecule has 0 saturated carbocycles. The van der Waals surface area contributed by atoms with E-state index in [4.69, 9.17) is 0 Å². The van der Waals surface area contributed by atoms with Crippen molar-refractivity contribution in [2.45, 2.75) is 24.2 Å². The Balaban J connectivity index is 1.71. The number of thioether (sulfide) groups is 1. The van der Waals surface area contributed by atoms with Crippen LogP contribution in [0.25, 0.3) is 0 Å². The molecular formula is C14H20N2OS. The van der Waals surface area contributed by atoms with Crippen molar-refractivity contribution in [2.24, 2.45) is 0 Å². The van der Waals surface area contributed by atoms with E-state index in [1.165, 1.54) is 10.5 Å². The number of hydrogen-bond acceptors (Lipinski definition) is 3. The summed E-state index contributed by atoms with van der Waals surface area (Å²) >= 11 is 1.93. The van der Waals surface area contributed by atoms with E-state index < -0.39 is 0 Å². The van der Waals surface area contributed by atoms with Gasteiger partial charge in [-0.2, -0.15) is 0 Å². The van der Waals surface area contributed by atoms with Crippen molar-refractivity contribution in [3.63, 3.8) is 0 Å². The molecule has 3 nitrogen and oxygen atoms in total. The summed E-state index contributed by atoms with van der Waals surface area (Å²) in [5.74, 6) is 1.86. The van der Waals surface area contributed by atoms with Crippen LogP contribution < -0.4 is 10.6 Å². The Morgan fingerprint density at radius 1 is 1.44 bits per heavy atom. The van der Waals surface area contributed by atoms with Crippen molar-refractivity contribution in [1.82, 2.24) is 10.6 Å². The number of rotatable bonds is 6. The number of hydrogen-bond donors (Lipinski definition) is 2.